The summed E-state index contributed by atoms with van der Waals surface area (Å²) in [5, 5.41) is 0. The number of rotatable bonds is 15. The van der Waals surface area contributed by atoms with Crippen molar-refractivity contribution in [3.05, 3.63) is 48.3 Å². The van der Waals surface area contributed by atoms with Crippen LogP contribution < -0.4 is 0 Å². The second kappa shape index (κ2) is 13.7. The van der Waals surface area contributed by atoms with Gasteiger partial charge in [0.2, 0.25) is 0 Å². The van der Waals surface area contributed by atoms with Crippen molar-refractivity contribution in [2.75, 3.05) is 13.1 Å². The van der Waals surface area contributed by atoms with E-state index < -0.39 is 0 Å². The molecule has 1 aliphatic heterocycles. The molecule has 2 rings (SSSR count). The first kappa shape index (κ1) is 21.9. The molecule has 1 aliphatic rings. The van der Waals surface area contributed by atoms with Crippen molar-refractivity contribution in [2.24, 2.45) is 0 Å². The van der Waals surface area contributed by atoms with Crippen molar-refractivity contribution in [1.29, 1.82) is 0 Å². The number of hydrogen-bond acceptors (Lipinski definition) is 2. The maximum Gasteiger partial charge on any atom is 0.105 e. The summed E-state index contributed by atoms with van der Waals surface area (Å²) < 4.78 is 0. The van der Waals surface area contributed by atoms with Crippen LogP contribution in [0.5, 0.6) is 0 Å². The smallest absolute Gasteiger partial charge is 0.105 e. The molecule has 1 unspecified atom stereocenters. The fourth-order valence-corrected chi connectivity index (χ4v) is 4.04. The number of hydrogen-bond donors (Lipinski definition) is 0. The molecule has 27 heavy (non-hydrogen) atoms. The van der Waals surface area contributed by atoms with Gasteiger partial charge in [-0.25, -0.2) is 0 Å². The fourth-order valence-electron chi connectivity index (χ4n) is 4.04. The summed E-state index contributed by atoms with van der Waals surface area (Å²) in [5.74, 6) is 0. The zero-order valence-corrected chi connectivity index (χ0v) is 17.9. The Morgan fingerprint density at radius 1 is 0.630 bits per heavy atom. The molecule has 0 radical (unpaired) electrons. The van der Waals surface area contributed by atoms with Crippen LogP contribution in [-0.2, 0) is 6.42 Å². The molecule has 0 aromatic heterocycles. The van der Waals surface area contributed by atoms with Crippen LogP contribution in [0.25, 0.3) is 0 Å². The molecule has 0 bridgehead atoms. The molecule has 0 amide bonds. The molecule has 0 aliphatic carbocycles. The van der Waals surface area contributed by atoms with Crippen molar-refractivity contribution in [3.8, 4) is 0 Å². The summed E-state index contributed by atoms with van der Waals surface area (Å²) in [4.78, 5) is 5.17. The predicted octanol–water partition coefficient (Wildman–Crippen LogP) is 6.97. The average Bonchev–Trinajstić information content (AvgIpc) is 3.06. The molecule has 1 atom stereocenters. The van der Waals surface area contributed by atoms with Gasteiger partial charge in [-0.1, -0.05) is 102 Å². The second-order valence-corrected chi connectivity index (χ2v) is 8.13. The minimum atomic E-state index is 0.508. The van der Waals surface area contributed by atoms with Gasteiger partial charge in [0.1, 0.15) is 6.17 Å². The van der Waals surface area contributed by atoms with E-state index in [1.54, 1.807) is 0 Å². The Morgan fingerprint density at radius 3 is 1.70 bits per heavy atom. The van der Waals surface area contributed by atoms with Crippen molar-refractivity contribution in [2.45, 2.75) is 97.1 Å². The van der Waals surface area contributed by atoms with E-state index in [0.29, 0.717) is 6.17 Å². The van der Waals surface area contributed by atoms with Gasteiger partial charge >= 0.3 is 0 Å². The molecule has 2 heteroatoms. The highest BCUT2D eigenvalue weighted by Gasteiger charge is 2.25. The maximum absolute atomic E-state index is 2.59. The van der Waals surface area contributed by atoms with E-state index in [1.807, 2.05) is 0 Å². The lowest BCUT2D eigenvalue weighted by Gasteiger charge is -2.33. The summed E-state index contributed by atoms with van der Waals surface area (Å²) >= 11 is 0. The number of benzene rings is 1. The molecule has 0 saturated heterocycles. The quantitative estimate of drug-likeness (QED) is 0.307. The normalized spacial score (nSPS) is 16.4. The minimum absolute atomic E-state index is 0.508. The third-order valence-corrected chi connectivity index (χ3v) is 5.77. The Labute approximate surface area is 168 Å². The van der Waals surface area contributed by atoms with E-state index in [2.05, 4.69) is 66.4 Å². The average molecular weight is 371 g/mol. The van der Waals surface area contributed by atoms with E-state index in [0.717, 1.165) is 6.42 Å². The molecule has 2 nitrogen and oxygen atoms in total. The van der Waals surface area contributed by atoms with Crippen LogP contribution in [0.15, 0.2) is 42.7 Å². The molecule has 1 aromatic carbocycles. The SMILES string of the molecule is CCCCCCCCCCN1C=CN(CCCCC)C1Cc1ccccc1. The van der Waals surface area contributed by atoms with E-state index in [9.17, 15) is 0 Å². The second-order valence-electron chi connectivity index (χ2n) is 8.13. The molecule has 0 N–H and O–H groups in total. The number of unbranched alkanes of at least 4 members (excludes halogenated alkanes) is 9. The summed E-state index contributed by atoms with van der Waals surface area (Å²) in [5.41, 5.74) is 1.45. The monoisotopic (exact) mass is 370 g/mol. The third-order valence-electron chi connectivity index (χ3n) is 5.77. The third kappa shape index (κ3) is 8.41. The highest BCUT2D eigenvalue weighted by atomic mass is 15.4. The Hall–Kier alpha value is -1.44. The highest BCUT2D eigenvalue weighted by molar-refractivity contribution is 5.17. The standard InChI is InChI=1S/C25H42N2/c1-3-5-7-8-9-10-11-16-20-27-22-21-26(19-15-6-4-2)25(27)23-24-17-13-12-14-18-24/h12-14,17-18,21-22,25H,3-11,15-16,19-20,23H2,1-2H3. The van der Waals surface area contributed by atoms with Crippen molar-refractivity contribution in [1.82, 2.24) is 9.80 Å². The van der Waals surface area contributed by atoms with Gasteiger partial charge in [0.25, 0.3) is 0 Å². The van der Waals surface area contributed by atoms with Gasteiger partial charge in [0, 0.05) is 31.9 Å². The van der Waals surface area contributed by atoms with E-state index in [4.69, 9.17) is 0 Å². The van der Waals surface area contributed by atoms with Crippen LogP contribution in [0.3, 0.4) is 0 Å². The van der Waals surface area contributed by atoms with Gasteiger partial charge in [-0.15, -0.1) is 0 Å². The highest BCUT2D eigenvalue weighted by Crippen LogP contribution is 2.22. The fraction of sp³-hybridized carbons (Fsp3) is 0.680. The Bertz CT molecular complexity index is 496. The van der Waals surface area contributed by atoms with Crippen LogP contribution in [0.4, 0.5) is 0 Å². The van der Waals surface area contributed by atoms with Crippen LogP contribution in [-0.4, -0.2) is 29.1 Å². The first-order valence-corrected chi connectivity index (χ1v) is 11.6. The summed E-state index contributed by atoms with van der Waals surface area (Å²) in [7, 11) is 0. The molecular weight excluding hydrogens is 328 g/mol. The lowest BCUT2D eigenvalue weighted by Crippen LogP contribution is -2.41. The van der Waals surface area contributed by atoms with Crippen LogP contribution >= 0.6 is 0 Å². The van der Waals surface area contributed by atoms with Gasteiger partial charge in [-0.3, -0.25) is 0 Å². The van der Waals surface area contributed by atoms with Crippen molar-refractivity contribution < 1.29 is 0 Å². The molecule has 1 heterocycles. The first-order chi connectivity index (χ1) is 13.3. The van der Waals surface area contributed by atoms with Crippen molar-refractivity contribution >= 4 is 0 Å². The van der Waals surface area contributed by atoms with Gasteiger partial charge in [0.15, 0.2) is 0 Å². The zero-order valence-electron chi connectivity index (χ0n) is 17.9. The van der Waals surface area contributed by atoms with E-state index >= 15 is 0 Å². The molecule has 1 aromatic rings. The zero-order chi connectivity index (χ0) is 19.2. The van der Waals surface area contributed by atoms with E-state index in [1.165, 1.54) is 89.3 Å². The van der Waals surface area contributed by atoms with Gasteiger partial charge in [0.05, 0.1) is 0 Å². The summed E-state index contributed by atoms with van der Waals surface area (Å²) in [6, 6.07) is 11.0. The van der Waals surface area contributed by atoms with Crippen molar-refractivity contribution in [3.63, 3.8) is 0 Å². The van der Waals surface area contributed by atoms with Crippen LogP contribution in [0.1, 0.15) is 90.0 Å². The van der Waals surface area contributed by atoms with Crippen LogP contribution in [0, 0.1) is 0 Å². The minimum Gasteiger partial charge on any atom is -0.356 e. The molecule has 0 saturated carbocycles. The van der Waals surface area contributed by atoms with Gasteiger partial charge in [-0.05, 0) is 18.4 Å². The van der Waals surface area contributed by atoms with Crippen LogP contribution in [0.2, 0.25) is 0 Å². The summed E-state index contributed by atoms with van der Waals surface area (Å²) in [6.07, 6.45) is 21.4. The molecule has 0 spiro atoms. The Kier molecular flexibility index (Phi) is 11.1. The Balaban J connectivity index is 1.75. The molecule has 0 fully saturated rings. The summed E-state index contributed by atoms with van der Waals surface area (Å²) in [6.45, 7) is 6.97. The Morgan fingerprint density at radius 2 is 1.11 bits per heavy atom. The largest absolute Gasteiger partial charge is 0.356 e. The number of nitrogens with zero attached hydrogens (tertiary/aromatic N) is 2. The van der Waals surface area contributed by atoms with Gasteiger partial charge < -0.3 is 9.80 Å². The predicted molar refractivity (Wildman–Crippen MR) is 119 cm³/mol. The first-order valence-electron chi connectivity index (χ1n) is 11.6. The lowest BCUT2D eigenvalue weighted by molar-refractivity contribution is 0.148. The van der Waals surface area contributed by atoms with E-state index in [-0.39, 0.29) is 0 Å². The van der Waals surface area contributed by atoms with Gasteiger partial charge in [-0.2, -0.15) is 0 Å². The maximum atomic E-state index is 2.59. The molecule has 152 valence electrons. The topological polar surface area (TPSA) is 6.48 Å². The lowest BCUT2D eigenvalue weighted by atomic mass is 10.1. The molecular formula is C25H42N2.